The molecule has 1 aromatic carbocycles. The summed E-state index contributed by atoms with van der Waals surface area (Å²) in [4.78, 5) is 13.7. The molecule has 0 radical (unpaired) electrons. The van der Waals surface area contributed by atoms with Crippen molar-refractivity contribution >= 4 is 11.6 Å². The first-order chi connectivity index (χ1) is 7.20. The Morgan fingerprint density at radius 2 is 2.20 bits per heavy atom. The van der Waals surface area contributed by atoms with Crippen molar-refractivity contribution in [1.29, 1.82) is 0 Å². The maximum atomic E-state index is 12.0. The van der Waals surface area contributed by atoms with Crippen LogP contribution in [0.1, 0.15) is 17.3 Å². The molecule has 1 aromatic rings. The summed E-state index contributed by atoms with van der Waals surface area (Å²) >= 11 is 0. The fraction of sp³-hybridized carbons (Fsp3) is 0.250. The Morgan fingerprint density at radius 3 is 2.73 bits per heavy atom. The van der Waals surface area contributed by atoms with Crippen LogP contribution in [0.4, 0.5) is 5.69 Å². The molecule has 0 aliphatic rings. The second-order valence-electron chi connectivity index (χ2n) is 3.22. The van der Waals surface area contributed by atoms with Crippen LogP contribution in [0.5, 0.6) is 0 Å². The van der Waals surface area contributed by atoms with E-state index >= 15 is 0 Å². The first kappa shape index (κ1) is 11.3. The zero-order valence-electron chi connectivity index (χ0n) is 8.94. The number of nitrogen functional groups attached to an aromatic ring is 1. The molecule has 0 bridgehead atoms. The molecule has 0 atom stereocenters. The van der Waals surface area contributed by atoms with Crippen molar-refractivity contribution in [3.05, 3.63) is 42.5 Å². The SMILES string of the molecule is C=CCN(CC)C(=O)c1ccccc1N. The molecule has 3 nitrogen and oxygen atoms in total. The minimum Gasteiger partial charge on any atom is -0.398 e. The number of rotatable bonds is 4. The van der Waals surface area contributed by atoms with E-state index in [9.17, 15) is 4.79 Å². The van der Waals surface area contributed by atoms with Gasteiger partial charge in [-0.05, 0) is 19.1 Å². The van der Waals surface area contributed by atoms with Gasteiger partial charge in [0.15, 0.2) is 0 Å². The first-order valence-corrected chi connectivity index (χ1v) is 4.95. The molecular weight excluding hydrogens is 188 g/mol. The van der Waals surface area contributed by atoms with E-state index in [0.29, 0.717) is 24.3 Å². The largest absolute Gasteiger partial charge is 0.398 e. The van der Waals surface area contributed by atoms with E-state index in [0.717, 1.165) is 0 Å². The van der Waals surface area contributed by atoms with Gasteiger partial charge in [0.25, 0.3) is 5.91 Å². The Labute approximate surface area is 90.2 Å². The number of para-hydroxylation sites is 1. The third-order valence-electron chi connectivity index (χ3n) is 2.21. The minimum absolute atomic E-state index is 0.0458. The van der Waals surface area contributed by atoms with Gasteiger partial charge in [-0.2, -0.15) is 0 Å². The van der Waals surface area contributed by atoms with E-state index in [4.69, 9.17) is 5.73 Å². The number of likely N-dealkylation sites (N-methyl/N-ethyl adjacent to an activating group) is 1. The fourth-order valence-corrected chi connectivity index (χ4v) is 1.37. The third kappa shape index (κ3) is 2.59. The topological polar surface area (TPSA) is 46.3 Å². The van der Waals surface area contributed by atoms with Crippen LogP contribution in [0.3, 0.4) is 0 Å². The van der Waals surface area contributed by atoms with Gasteiger partial charge in [0.1, 0.15) is 0 Å². The molecule has 0 fully saturated rings. The molecule has 0 saturated carbocycles. The molecule has 0 aliphatic heterocycles. The number of benzene rings is 1. The van der Waals surface area contributed by atoms with Crippen LogP contribution in [0.25, 0.3) is 0 Å². The molecule has 0 heterocycles. The van der Waals surface area contributed by atoms with E-state index in [1.807, 2.05) is 19.1 Å². The number of amides is 1. The summed E-state index contributed by atoms with van der Waals surface area (Å²) in [5.41, 5.74) is 6.81. The van der Waals surface area contributed by atoms with E-state index in [1.165, 1.54) is 0 Å². The fourth-order valence-electron chi connectivity index (χ4n) is 1.37. The highest BCUT2D eigenvalue weighted by molar-refractivity contribution is 5.99. The summed E-state index contributed by atoms with van der Waals surface area (Å²) in [6.07, 6.45) is 1.71. The molecule has 1 rings (SSSR count). The number of anilines is 1. The van der Waals surface area contributed by atoms with E-state index < -0.39 is 0 Å². The van der Waals surface area contributed by atoms with Crippen molar-refractivity contribution < 1.29 is 4.79 Å². The molecule has 15 heavy (non-hydrogen) atoms. The van der Waals surface area contributed by atoms with Crippen molar-refractivity contribution in [2.75, 3.05) is 18.8 Å². The highest BCUT2D eigenvalue weighted by Crippen LogP contribution is 2.13. The molecule has 1 amide bonds. The average molecular weight is 204 g/mol. The van der Waals surface area contributed by atoms with Gasteiger partial charge < -0.3 is 10.6 Å². The summed E-state index contributed by atoms with van der Waals surface area (Å²) in [6, 6.07) is 7.10. The highest BCUT2D eigenvalue weighted by atomic mass is 16.2. The predicted octanol–water partition coefficient (Wildman–Crippen LogP) is 1.92. The molecule has 2 N–H and O–H groups in total. The van der Waals surface area contributed by atoms with Gasteiger partial charge in [0.2, 0.25) is 0 Å². The highest BCUT2D eigenvalue weighted by Gasteiger charge is 2.14. The quantitative estimate of drug-likeness (QED) is 0.601. The molecule has 0 aromatic heterocycles. The van der Waals surface area contributed by atoms with Gasteiger partial charge in [0, 0.05) is 18.8 Å². The number of nitrogens with two attached hydrogens (primary N) is 1. The van der Waals surface area contributed by atoms with Crippen molar-refractivity contribution in [2.24, 2.45) is 0 Å². The van der Waals surface area contributed by atoms with Gasteiger partial charge in [-0.1, -0.05) is 18.2 Å². The third-order valence-corrected chi connectivity index (χ3v) is 2.21. The van der Waals surface area contributed by atoms with E-state index in [2.05, 4.69) is 6.58 Å². The van der Waals surface area contributed by atoms with Crippen molar-refractivity contribution in [3.63, 3.8) is 0 Å². The molecule has 80 valence electrons. The standard InChI is InChI=1S/C12H16N2O/c1-3-9-14(4-2)12(15)10-7-5-6-8-11(10)13/h3,5-8H,1,4,9,13H2,2H3. The smallest absolute Gasteiger partial charge is 0.256 e. The zero-order valence-corrected chi connectivity index (χ0v) is 8.94. The van der Waals surface area contributed by atoms with Crippen LogP contribution in [-0.4, -0.2) is 23.9 Å². The van der Waals surface area contributed by atoms with Crippen LogP contribution in [0, 0.1) is 0 Å². The lowest BCUT2D eigenvalue weighted by Crippen LogP contribution is -2.31. The van der Waals surface area contributed by atoms with Crippen LogP contribution < -0.4 is 5.73 Å². The van der Waals surface area contributed by atoms with Gasteiger partial charge in [0.05, 0.1) is 5.56 Å². The second-order valence-corrected chi connectivity index (χ2v) is 3.22. The number of carbonyl (C=O) groups excluding carboxylic acids is 1. The Balaban J connectivity index is 2.92. The number of carbonyl (C=O) groups is 1. The van der Waals surface area contributed by atoms with E-state index in [-0.39, 0.29) is 5.91 Å². The van der Waals surface area contributed by atoms with Crippen molar-refractivity contribution in [3.8, 4) is 0 Å². The lowest BCUT2D eigenvalue weighted by atomic mass is 10.1. The van der Waals surface area contributed by atoms with Crippen LogP contribution in [0.15, 0.2) is 36.9 Å². The summed E-state index contributed by atoms with van der Waals surface area (Å²) in [6.45, 7) is 6.75. The Bertz CT molecular complexity index is 360. The summed E-state index contributed by atoms with van der Waals surface area (Å²) < 4.78 is 0. The summed E-state index contributed by atoms with van der Waals surface area (Å²) in [7, 11) is 0. The maximum absolute atomic E-state index is 12.0. The molecule has 3 heteroatoms. The molecule has 0 spiro atoms. The maximum Gasteiger partial charge on any atom is 0.256 e. The molecule has 0 unspecified atom stereocenters. The lowest BCUT2D eigenvalue weighted by Gasteiger charge is -2.19. The van der Waals surface area contributed by atoms with Crippen molar-refractivity contribution in [1.82, 2.24) is 4.90 Å². The minimum atomic E-state index is -0.0458. The molecule has 0 aliphatic carbocycles. The average Bonchev–Trinajstić information content (AvgIpc) is 2.25. The van der Waals surface area contributed by atoms with Crippen LogP contribution in [-0.2, 0) is 0 Å². The monoisotopic (exact) mass is 204 g/mol. The molecule has 0 saturated heterocycles. The predicted molar refractivity (Wildman–Crippen MR) is 62.6 cm³/mol. The van der Waals surface area contributed by atoms with Crippen LogP contribution in [0.2, 0.25) is 0 Å². The zero-order chi connectivity index (χ0) is 11.3. The van der Waals surface area contributed by atoms with Gasteiger partial charge in [-0.15, -0.1) is 6.58 Å². The molecular formula is C12H16N2O. The van der Waals surface area contributed by atoms with Gasteiger partial charge in [-0.3, -0.25) is 4.79 Å². The second kappa shape index (κ2) is 5.20. The summed E-state index contributed by atoms with van der Waals surface area (Å²) in [5, 5.41) is 0. The van der Waals surface area contributed by atoms with E-state index in [1.54, 1.807) is 23.1 Å². The number of nitrogens with zero attached hydrogens (tertiary/aromatic N) is 1. The Hall–Kier alpha value is -1.77. The Morgan fingerprint density at radius 1 is 1.53 bits per heavy atom. The normalized spacial score (nSPS) is 9.67. The Kier molecular flexibility index (Phi) is 3.92. The number of hydrogen-bond acceptors (Lipinski definition) is 2. The first-order valence-electron chi connectivity index (χ1n) is 4.95. The lowest BCUT2D eigenvalue weighted by molar-refractivity contribution is 0.0783. The van der Waals surface area contributed by atoms with Crippen LogP contribution >= 0.6 is 0 Å². The summed E-state index contributed by atoms with van der Waals surface area (Å²) in [5.74, 6) is -0.0458. The number of hydrogen-bond donors (Lipinski definition) is 1. The van der Waals surface area contributed by atoms with Gasteiger partial charge in [-0.25, -0.2) is 0 Å². The van der Waals surface area contributed by atoms with Gasteiger partial charge >= 0.3 is 0 Å². The van der Waals surface area contributed by atoms with Crippen molar-refractivity contribution in [2.45, 2.75) is 6.92 Å².